The maximum absolute atomic E-state index is 12.2. The van der Waals surface area contributed by atoms with Crippen molar-refractivity contribution in [1.82, 2.24) is 4.90 Å². The summed E-state index contributed by atoms with van der Waals surface area (Å²) in [6.45, 7) is 1.23. The number of nitrogens with one attached hydrogen (secondary N) is 1. The summed E-state index contributed by atoms with van der Waals surface area (Å²) in [4.78, 5) is 25.9. The molecule has 1 unspecified atom stereocenters. The van der Waals surface area contributed by atoms with Crippen LogP contribution in [0.4, 0.5) is 5.69 Å². The molecule has 3 rings (SSSR count). The van der Waals surface area contributed by atoms with Crippen molar-refractivity contribution in [1.29, 1.82) is 0 Å². The first-order chi connectivity index (χ1) is 12.1. The maximum Gasteiger partial charge on any atom is 0.291 e. The molecule has 1 fully saturated rings. The Morgan fingerprint density at radius 2 is 2.15 bits per heavy atom. The minimum absolute atomic E-state index is 0. The van der Waals surface area contributed by atoms with Gasteiger partial charge < -0.3 is 25.1 Å². The summed E-state index contributed by atoms with van der Waals surface area (Å²) < 4.78 is 10.6. The van der Waals surface area contributed by atoms with Gasteiger partial charge in [-0.15, -0.1) is 12.4 Å². The number of benzene rings is 1. The zero-order valence-corrected chi connectivity index (χ0v) is 15.0. The van der Waals surface area contributed by atoms with E-state index in [9.17, 15) is 9.59 Å². The second-order valence-electron chi connectivity index (χ2n) is 5.99. The third kappa shape index (κ3) is 5.24. The zero-order chi connectivity index (χ0) is 17.6. The minimum atomic E-state index is -0.347. The van der Waals surface area contributed by atoms with Crippen LogP contribution in [0.15, 0.2) is 47.1 Å². The molecular formula is C18H22ClN3O4. The van der Waals surface area contributed by atoms with Crippen LogP contribution in [0.25, 0.3) is 0 Å². The van der Waals surface area contributed by atoms with E-state index in [0.717, 1.165) is 19.4 Å². The van der Waals surface area contributed by atoms with Crippen molar-refractivity contribution < 1.29 is 18.7 Å². The molecule has 1 aromatic heterocycles. The Labute approximate surface area is 157 Å². The molecule has 2 amide bonds. The Bertz CT molecular complexity index is 736. The predicted octanol–water partition coefficient (Wildman–Crippen LogP) is 2.28. The van der Waals surface area contributed by atoms with Gasteiger partial charge in [0.15, 0.2) is 12.4 Å². The molecule has 2 aromatic rings. The van der Waals surface area contributed by atoms with E-state index >= 15 is 0 Å². The molecule has 26 heavy (non-hydrogen) atoms. The number of hydrogen-bond donors (Lipinski definition) is 2. The fourth-order valence-electron chi connectivity index (χ4n) is 2.74. The summed E-state index contributed by atoms with van der Waals surface area (Å²) in [6.07, 6.45) is 3.30. The first kappa shape index (κ1) is 19.8. The molecule has 1 aliphatic rings. The van der Waals surface area contributed by atoms with Crippen molar-refractivity contribution >= 4 is 29.9 Å². The number of amides is 2. The van der Waals surface area contributed by atoms with Crippen LogP contribution in [0.3, 0.4) is 0 Å². The first-order valence-electron chi connectivity index (χ1n) is 8.23. The van der Waals surface area contributed by atoms with Crippen LogP contribution in [0.1, 0.15) is 23.4 Å². The van der Waals surface area contributed by atoms with Gasteiger partial charge in [0.1, 0.15) is 5.75 Å². The lowest BCUT2D eigenvalue weighted by atomic mass is 10.1. The molecule has 1 saturated heterocycles. The standard InChI is InChI=1S/C18H21N3O4.ClH/c19-13-4-2-8-21(11-13)17(22)12-25-15-6-1-5-14(10-15)20-18(23)16-7-3-9-24-16;/h1,3,5-7,9-10,13H,2,4,8,11-12,19H2,(H,20,23);1H. The highest BCUT2D eigenvalue weighted by Gasteiger charge is 2.21. The van der Waals surface area contributed by atoms with Crippen molar-refractivity contribution in [2.24, 2.45) is 5.73 Å². The molecule has 3 N–H and O–H groups in total. The zero-order valence-electron chi connectivity index (χ0n) is 14.2. The number of anilines is 1. The summed E-state index contributed by atoms with van der Waals surface area (Å²) in [5, 5.41) is 2.72. The molecule has 1 aromatic carbocycles. The number of likely N-dealkylation sites (tertiary alicyclic amines) is 1. The highest BCUT2D eigenvalue weighted by molar-refractivity contribution is 6.02. The number of nitrogens with zero attached hydrogens (tertiary/aromatic N) is 1. The van der Waals surface area contributed by atoms with Crippen LogP contribution < -0.4 is 15.8 Å². The van der Waals surface area contributed by atoms with E-state index in [-0.39, 0.29) is 42.6 Å². The number of nitrogens with two attached hydrogens (primary N) is 1. The molecule has 8 heteroatoms. The van der Waals surface area contributed by atoms with E-state index in [1.807, 2.05) is 0 Å². The predicted molar refractivity (Wildman–Crippen MR) is 99.6 cm³/mol. The molecule has 2 heterocycles. The van der Waals surface area contributed by atoms with Gasteiger partial charge in [-0.05, 0) is 37.1 Å². The largest absolute Gasteiger partial charge is 0.484 e. The summed E-state index contributed by atoms with van der Waals surface area (Å²) in [6, 6.07) is 10.1. The van der Waals surface area contributed by atoms with Crippen molar-refractivity contribution in [3.05, 3.63) is 48.4 Å². The first-order valence-corrected chi connectivity index (χ1v) is 8.23. The van der Waals surface area contributed by atoms with E-state index in [4.69, 9.17) is 14.9 Å². The van der Waals surface area contributed by atoms with Crippen molar-refractivity contribution in [2.75, 3.05) is 25.0 Å². The quantitative estimate of drug-likeness (QED) is 0.830. The molecule has 7 nitrogen and oxygen atoms in total. The third-order valence-electron chi connectivity index (χ3n) is 4.01. The van der Waals surface area contributed by atoms with Crippen LogP contribution in [-0.4, -0.2) is 42.5 Å². The van der Waals surface area contributed by atoms with Gasteiger partial charge >= 0.3 is 0 Å². The second-order valence-corrected chi connectivity index (χ2v) is 5.99. The summed E-state index contributed by atoms with van der Waals surface area (Å²) >= 11 is 0. The van der Waals surface area contributed by atoms with E-state index in [1.54, 1.807) is 41.3 Å². The Morgan fingerprint density at radius 1 is 1.31 bits per heavy atom. The smallest absolute Gasteiger partial charge is 0.291 e. The fraction of sp³-hybridized carbons (Fsp3) is 0.333. The van der Waals surface area contributed by atoms with Gasteiger partial charge in [-0.25, -0.2) is 0 Å². The maximum atomic E-state index is 12.2. The van der Waals surface area contributed by atoms with Gasteiger partial charge in [0, 0.05) is 30.9 Å². The molecule has 0 saturated carbocycles. The Hall–Kier alpha value is -2.51. The SMILES string of the molecule is Cl.NC1CCCN(C(=O)COc2cccc(NC(=O)c3ccco3)c2)C1. The number of carbonyl (C=O) groups excluding carboxylic acids is 2. The highest BCUT2D eigenvalue weighted by Crippen LogP contribution is 2.18. The van der Waals surface area contributed by atoms with Crippen molar-refractivity contribution in [2.45, 2.75) is 18.9 Å². The number of halogens is 1. The van der Waals surface area contributed by atoms with Crippen molar-refractivity contribution in [3.63, 3.8) is 0 Å². The van der Waals surface area contributed by atoms with Gasteiger partial charge in [0.25, 0.3) is 11.8 Å². The van der Waals surface area contributed by atoms with Gasteiger partial charge in [-0.2, -0.15) is 0 Å². The lowest BCUT2D eigenvalue weighted by molar-refractivity contribution is -0.134. The molecular weight excluding hydrogens is 358 g/mol. The van der Waals surface area contributed by atoms with Crippen LogP contribution >= 0.6 is 12.4 Å². The molecule has 0 radical (unpaired) electrons. The molecule has 0 aliphatic carbocycles. The Balaban J connectivity index is 0.00000243. The van der Waals surface area contributed by atoms with Gasteiger partial charge in [-0.3, -0.25) is 9.59 Å². The highest BCUT2D eigenvalue weighted by atomic mass is 35.5. The lowest BCUT2D eigenvalue weighted by Crippen LogP contribution is -2.47. The average Bonchev–Trinajstić information content (AvgIpc) is 3.15. The average molecular weight is 380 g/mol. The van der Waals surface area contributed by atoms with Crippen LogP contribution in [0.2, 0.25) is 0 Å². The van der Waals surface area contributed by atoms with E-state index in [0.29, 0.717) is 18.0 Å². The van der Waals surface area contributed by atoms with E-state index in [1.165, 1.54) is 6.26 Å². The number of ether oxygens (including phenoxy) is 1. The third-order valence-corrected chi connectivity index (χ3v) is 4.01. The lowest BCUT2D eigenvalue weighted by Gasteiger charge is -2.30. The number of hydrogen-bond acceptors (Lipinski definition) is 5. The normalized spacial score (nSPS) is 16.5. The second kappa shape index (κ2) is 9.26. The van der Waals surface area contributed by atoms with Crippen LogP contribution in [0, 0.1) is 0 Å². The Morgan fingerprint density at radius 3 is 2.88 bits per heavy atom. The Kier molecular flexibility index (Phi) is 7.06. The van der Waals surface area contributed by atoms with Gasteiger partial charge in [0.05, 0.1) is 6.26 Å². The van der Waals surface area contributed by atoms with E-state index in [2.05, 4.69) is 5.32 Å². The molecule has 0 spiro atoms. The molecule has 1 atom stereocenters. The monoisotopic (exact) mass is 379 g/mol. The molecule has 0 bridgehead atoms. The molecule has 140 valence electrons. The van der Waals surface area contributed by atoms with Crippen LogP contribution in [-0.2, 0) is 4.79 Å². The molecule has 1 aliphatic heterocycles. The van der Waals surface area contributed by atoms with Gasteiger partial charge in [-0.1, -0.05) is 6.07 Å². The minimum Gasteiger partial charge on any atom is -0.484 e. The van der Waals surface area contributed by atoms with Gasteiger partial charge in [0.2, 0.25) is 0 Å². The number of rotatable bonds is 5. The number of furan rings is 1. The van der Waals surface area contributed by atoms with Crippen molar-refractivity contribution in [3.8, 4) is 5.75 Å². The number of carbonyl (C=O) groups is 2. The summed E-state index contributed by atoms with van der Waals surface area (Å²) in [5.41, 5.74) is 6.46. The summed E-state index contributed by atoms with van der Waals surface area (Å²) in [5.74, 6) is 0.301. The number of piperidine rings is 1. The van der Waals surface area contributed by atoms with E-state index < -0.39 is 0 Å². The fourth-order valence-corrected chi connectivity index (χ4v) is 2.74. The topological polar surface area (TPSA) is 97.8 Å². The van der Waals surface area contributed by atoms with Crippen LogP contribution in [0.5, 0.6) is 5.75 Å². The summed E-state index contributed by atoms with van der Waals surface area (Å²) in [7, 11) is 0.